The summed E-state index contributed by atoms with van der Waals surface area (Å²) in [6.07, 6.45) is 28.4. The van der Waals surface area contributed by atoms with E-state index in [9.17, 15) is 19.7 Å². The number of carbonyl (C=O) groups excluding carboxylic acids is 2. The van der Waals surface area contributed by atoms with Crippen molar-refractivity contribution in [3.05, 3.63) is 10.1 Å². The minimum atomic E-state index is -0.284. The molecule has 0 rings (SSSR count). The SMILES string of the molecule is CCCCCCCCCCCC(=O)NCCC[N+](C)(C)[O-].CCCCCCCCCCCCCC(=O)NCCCN=O. The van der Waals surface area contributed by atoms with Gasteiger partial charge in [-0.05, 0) is 19.3 Å². The van der Waals surface area contributed by atoms with Crippen LogP contribution < -0.4 is 10.6 Å². The van der Waals surface area contributed by atoms with Crippen molar-refractivity contribution in [2.45, 2.75) is 168 Å². The van der Waals surface area contributed by atoms with Crippen molar-refractivity contribution < 1.29 is 14.2 Å². The van der Waals surface area contributed by atoms with Gasteiger partial charge in [0.2, 0.25) is 11.8 Å². The Bertz CT molecular complexity index is 597. The van der Waals surface area contributed by atoms with E-state index in [0.717, 1.165) is 32.1 Å². The number of carbonyl (C=O) groups is 2. The first-order valence-electron chi connectivity index (χ1n) is 17.6. The molecule has 0 bridgehead atoms. The van der Waals surface area contributed by atoms with Gasteiger partial charge in [-0.15, -0.1) is 0 Å². The third-order valence-corrected chi connectivity index (χ3v) is 7.46. The van der Waals surface area contributed by atoms with E-state index in [1.54, 1.807) is 14.1 Å². The molecule has 0 saturated heterocycles. The lowest BCUT2D eigenvalue weighted by Crippen LogP contribution is -2.35. The molecular formula is C34H70N4O4. The van der Waals surface area contributed by atoms with Gasteiger partial charge in [0, 0.05) is 32.4 Å². The van der Waals surface area contributed by atoms with Gasteiger partial charge in [-0.3, -0.25) is 9.59 Å². The molecule has 8 nitrogen and oxygen atoms in total. The van der Waals surface area contributed by atoms with Gasteiger partial charge in [0.05, 0.1) is 27.2 Å². The topological polar surface area (TPSA) is 111 Å². The number of nitrogens with one attached hydrogen (secondary N) is 2. The zero-order valence-corrected chi connectivity index (χ0v) is 28.3. The van der Waals surface area contributed by atoms with Gasteiger partial charge in [0.15, 0.2) is 0 Å². The maximum Gasteiger partial charge on any atom is 0.219 e. The Morgan fingerprint density at radius 2 is 0.881 bits per heavy atom. The number of amides is 2. The number of hydrogen-bond acceptors (Lipinski definition) is 5. The Morgan fingerprint density at radius 3 is 1.21 bits per heavy atom. The maximum absolute atomic E-state index is 11.6. The molecular weight excluding hydrogens is 528 g/mol. The molecule has 0 spiro atoms. The minimum absolute atomic E-state index is 0.108. The molecule has 0 fully saturated rings. The van der Waals surface area contributed by atoms with Crippen molar-refractivity contribution >= 4 is 11.8 Å². The monoisotopic (exact) mass is 599 g/mol. The number of nitroso groups, excluding NO2 is 1. The lowest BCUT2D eigenvalue weighted by Gasteiger charge is -2.33. The third kappa shape index (κ3) is 40.6. The summed E-state index contributed by atoms with van der Waals surface area (Å²) >= 11 is 0. The van der Waals surface area contributed by atoms with Gasteiger partial charge in [0.25, 0.3) is 0 Å². The van der Waals surface area contributed by atoms with E-state index >= 15 is 0 Å². The number of hydrogen-bond donors (Lipinski definition) is 2. The third-order valence-electron chi connectivity index (χ3n) is 7.46. The van der Waals surface area contributed by atoms with Gasteiger partial charge in [-0.2, -0.15) is 4.91 Å². The van der Waals surface area contributed by atoms with Crippen molar-refractivity contribution in [2.24, 2.45) is 5.18 Å². The first-order chi connectivity index (χ1) is 20.3. The number of rotatable bonds is 30. The van der Waals surface area contributed by atoms with Gasteiger partial charge < -0.3 is 20.5 Å². The smallest absolute Gasteiger partial charge is 0.219 e. The average molecular weight is 599 g/mol. The van der Waals surface area contributed by atoms with Crippen LogP contribution in [-0.2, 0) is 9.59 Å². The Balaban J connectivity index is 0. The Kier molecular flexibility index (Phi) is 34.4. The summed E-state index contributed by atoms with van der Waals surface area (Å²) < 4.78 is -0.284. The molecule has 0 aliphatic carbocycles. The fourth-order valence-electron chi connectivity index (χ4n) is 4.78. The summed E-state index contributed by atoms with van der Waals surface area (Å²) in [5.41, 5.74) is 0. The quantitative estimate of drug-likeness (QED) is 0.0372. The zero-order chi connectivity index (χ0) is 31.6. The van der Waals surface area contributed by atoms with Crippen LogP contribution in [0, 0.1) is 10.1 Å². The summed E-state index contributed by atoms with van der Waals surface area (Å²) in [5, 5.41) is 19.8. The molecule has 2 amide bonds. The minimum Gasteiger partial charge on any atom is -0.633 e. The van der Waals surface area contributed by atoms with Crippen LogP contribution >= 0.6 is 0 Å². The summed E-state index contributed by atoms with van der Waals surface area (Å²) in [4.78, 5) is 32.9. The van der Waals surface area contributed by atoms with Gasteiger partial charge in [-0.25, -0.2) is 0 Å². The van der Waals surface area contributed by atoms with Crippen LogP contribution in [0.3, 0.4) is 0 Å². The summed E-state index contributed by atoms with van der Waals surface area (Å²) in [7, 11) is 3.26. The van der Waals surface area contributed by atoms with Crippen LogP contribution in [0.25, 0.3) is 0 Å². The van der Waals surface area contributed by atoms with E-state index in [1.165, 1.54) is 103 Å². The van der Waals surface area contributed by atoms with Crippen LogP contribution in [0.2, 0.25) is 0 Å². The highest BCUT2D eigenvalue weighted by Crippen LogP contribution is 2.12. The highest BCUT2D eigenvalue weighted by atomic mass is 16.5. The fraction of sp³-hybridized carbons (Fsp3) is 0.941. The first kappa shape index (κ1) is 42.6. The van der Waals surface area contributed by atoms with E-state index in [0.29, 0.717) is 45.4 Å². The number of quaternary nitrogens is 1. The normalized spacial score (nSPS) is 11.1. The van der Waals surface area contributed by atoms with Crippen LogP contribution in [0.1, 0.15) is 168 Å². The Morgan fingerprint density at radius 1 is 0.548 bits per heavy atom. The van der Waals surface area contributed by atoms with Crippen molar-refractivity contribution in [3.63, 3.8) is 0 Å². The molecule has 0 aromatic rings. The van der Waals surface area contributed by atoms with Crippen LogP contribution in [0.15, 0.2) is 5.18 Å². The first-order valence-corrected chi connectivity index (χ1v) is 17.6. The van der Waals surface area contributed by atoms with Gasteiger partial charge in [-0.1, -0.05) is 135 Å². The maximum atomic E-state index is 11.6. The molecule has 0 atom stereocenters. The molecule has 0 unspecified atom stereocenters. The second-order valence-electron chi connectivity index (χ2n) is 12.4. The summed E-state index contributed by atoms with van der Waals surface area (Å²) in [5.74, 6) is 0.242. The molecule has 0 heterocycles. The number of unbranched alkanes of at least 4 members (excludes halogenated alkanes) is 18. The van der Waals surface area contributed by atoms with E-state index in [4.69, 9.17) is 0 Å². The molecule has 0 radical (unpaired) electrons. The second kappa shape index (κ2) is 34.0. The number of nitrogens with zero attached hydrogens (tertiary/aromatic N) is 2. The predicted octanol–water partition coefficient (Wildman–Crippen LogP) is 8.95. The van der Waals surface area contributed by atoms with Crippen molar-refractivity contribution in [3.8, 4) is 0 Å². The van der Waals surface area contributed by atoms with Crippen LogP contribution in [-0.4, -0.2) is 56.7 Å². The highest BCUT2D eigenvalue weighted by Gasteiger charge is 2.04. The second-order valence-corrected chi connectivity index (χ2v) is 12.4. The molecule has 0 aromatic carbocycles. The molecule has 8 heteroatoms. The molecule has 0 aliphatic heterocycles. The largest absolute Gasteiger partial charge is 0.633 e. The molecule has 42 heavy (non-hydrogen) atoms. The standard InChI is InChI=1S/C17H36N2O2.C17H34N2O2/c1-4-5-6-7-8-9-10-11-12-14-17(20)18-15-13-16-19(2,3)21;1-2-3-4-5-6-7-8-9-10-11-12-14-17(20)18-15-13-16-19-21/h4-16H2,1-3H3,(H,18,20);2-16H2,1H3,(H,18,20). The summed E-state index contributed by atoms with van der Waals surface area (Å²) in [6.45, 7) is 6.54. The van der Waals surface area contributed by atoms with Gasteiger partial charge >= 0.3 is 0 Å². The molecule has 0 aromatic heterocycles. The predicted molar refractivity (Wildman–Crippen MR) is 179 cm³/mol. The van der Waals surface area contributed by atoms with Crippen molar-refractivity contribution in [1.82, 2.24) is 10.6 Å². The van der Waals surface area contributed by atoms with Crippen LogP contribution in [0.5, 0.6) is 0 Å². The lowest BCUT2D eigenvalue weighted by atomic mass is 10.1. The zero-order valence-electron chi connectivity index (χ0n) is 28.3. The molecule has 250 valence electrons. The molecule has 2 N–H and O–H groups in total. The highest BCUT2D eigenvalue weighted by molar-refractivity contribution is 5.76. The molecule has 0 aliphatic rings. The fourth-order valence-corrected chi connectivity index (χ4v) is 4.78. The van der Waals surface area contributed by atoms with Gasteiger partial charge in [0.1, 0.15) is 0 Å². The van der Waals surface area contributed by atoms with E-state index in [-0.39, 0.29) is 16.5 Å². The van der Waals surface area contributed by atoms with E-state index < -0.39 is 0 Å². The molecule has 0 saturated carbocycles. The van der Waals surface area contributed by atoms with E-state index in [1.807, 2.05) is 0 Å². The van der Waals surface area contributed by atoms with Crippen LogP contribution in [0.4, 0.5) is 0 Å². The Labute approximate surface area is 260 Å². The van der Waals surface area contributed by atoms with Crippen molar-refractivity contribution in [1.29, 1.82) is 0 Å². The van der Waals surface area contributed by atoms with Crippen molar-refractivity contribution in [2.75, 3.05) is 40.3 Å². The Hall–Kier alpha value is -1.54. The lowest BCUT2D eigenvalue weighted by molar-refractivity contribution is -0.840. The van der Waals surface area contributed by atoms with E-state index in [2.05, 4.69) is 29.7 Å². The number of hydroxylamine groups is 3. The summed E-state index contributed by atoms with van der Waals surface area (Å²) in [6, 6.07) is 0. The average Bonchev–Trinajstić information content (AvgIpc) is 2.95.